The van der Waals surface area contributed by atoms with Gasteiger partial charge in [-0.1, -0.05) is 33.6 Å². The first-order valence-corrected chi connectivity index (χ1v) is 8.53. The molecule has 19 heavy (non-hydrogen) atoms. The molecule has 0 aliphatic heterocycles. The Balaban J connectivity index is 1.74. The molecule has 100 valence electrons. The van der Waals surface area contributed by atoms with E-state index in [4.69, 9.17) is 11.6 Å². The summed E-state index contributed by atoms with van der Waals surface area (Å²) >= 11 is 11.5. The molecule has 1 aliphatic rings. The Kier molecular flexibility index (Phi) is 4.27. The fraction of sp³-hybridized carbons (Fsp3) is 0.333. The van der Waals surface area contributed by atoms with Crippen LogP contribution in [0, 0.1) is 0 Å². The van der Waals surface area contributed by atoms with Gasteiger partial charge in [0, 0.05) is 28.6 Å². The topological polar surface area (TPSA) is 3.24 Å². The smallest absolute Gasteiger partial charge is 0.0462 e. The molecule has 0 radical (unpaired) electrons. The predicted molar refractivity (Wildman–Crippen MR) is 85.7 cm³/mol. The Hall–Kier alpha value is -0.350. The molecule has 1 aromatic heterocycles. The molecule has 2 aromatic rings. The minimum atomic E-state index is 0.736. The molecule has 1 aromatic carbocycles. The van der Waals surface area contributed by atoms with Crippen molar-refractivity contribution >= 4 is 38.9 Å². The van der Waals surface area contributed by atoms with Crippen molar-refractivity contribution in [1.29, 1.82) is 0 Å². The first-order chi connectivity index (χ1) is 9.22. The summed E-state index contributed by atoms with van der Waals surface area (Å²) in [5.41, 5.74) is 2.62. The number of rotatable bonds is 5. The predicted octanol–water partition coefficient (Wildman–Crippen LogP) is 5.33. The van der Waals surface area contributed by atoms with Crippen LogP contribution in [-0.4, -0.2) is 10.9 Å². The highest BCUT2D eigenvalue weighted by Crippen LogP contribution is 2.32. The third kappa shape index (κ3) is 3.60. The Morgan fingerprint density at radius 3 is 2.74 bits per heavy atom. The fourth-order valence-electron chi connectivity index (χ4n) is 2.24. The van der Waals surface area contributed by atoms with Gasteiger partial charge in [-0.05, 0) is 52.9 Å². The lowest BCUT2D eigenvalue weighted by molar-refractivity contribution is 0.246. The second-order valence-corrected chi connectivity index (χ2v) is 7.11. The normalized spacial score (nSPS) is 15.1. The van der Waals surface area contributed by atoms with Crippen LogP contribution in [0.15, 0.2) is 39.5 Å². The first-order valence-electron chi connectivity index (χ1n) is 6.41. The highest BCUT2D eigenvalue weighted by Gasteiger charge is 2.29. The van der Waals surface area contributed by atoms with Crippen molar-refractivity contribution in [3.63, 3.8) is 0 Å². The molecule has 1 nitrogen and oxygen atoms in total. The fourth-order valence-corrected chi connectivity index (χ4v) is 3.63. The van der Waals surface area contributed by atoms with E-state index in [0.717, 1.165) is 28.6 Å². The van der Waals surface area contributed by atoms with Gasteiger partial charge in [-0.25, -0.2) is 0 Å². The van der Waals surface area contributed by atoms with Gasteiger partial charge in [0.15, 0.2) is 0 Å². The summed E-state index contributed by atoms with van der Waals surface area (Å²) in [7, 11) is 0. The van der Waals surface area contributed by atoms with Crippen LogP contribution in [0.4, 0.5) is 0 Å². The Labute approximate surface area is 131 Å². The second-order valence-electron chi connectivity index (χ2n) is 5.00. The number of halogens is 2. The molecule has 3 rings (SSSR count). The summed E-state index contributed by atoms with van der Waals surface area (Å²) in [5.74, 6) is 0. The Morgan fingerprint density at radius 1 is 1.26 bits per heavy atom. The van der Waals surface area contributed by atoms with Crippen LogP contribution in [0.1, 0.15) is 24.0 Å². The average Bonchev–Trinajstić information content (AvgIpc) is 3.10. The quantitative estimate of drug-likeness (QED) is 0.700. The number of benzene rings is 1. The van der Waals surface area contributed by atoms with Gasteiger partial charge in [-0.15, -0.1) is 0 Å². The third-order valence-electron chi connectivity index (χ3n) is 3.42. The van der Waals surface area contributed by atoms with E-state index in [1.54, 1.807) is 11.3 Å². The third-order valence-corrected chi connectivity index (χ3v) is 4.99. The molecule has 1 heterocycles. The lowest BCUT2D eigenvalue weighted by atomic mass is 10.2. The summed E-state index contributed by atoms with van der Waals surface area (Å²) < 4.78 is 1.04. The second kappa shape index (κ2) is 5.96. The molecule has 1 aliphatic carbocycles. The van der Waals surface area contributed by atoms with E-state index < -0.39 is 0 Å². The van der Waals surface area contributed by atoms with E-state index in [9.17, 15) is 0 Å². The Morgan fingerprint density at radius 2 is 2.11 bits per heavy atom. The van der Waals surface area contributed by atoms with E-state index in [2.05, 4.69) is 49.8 Å². The lowest BCUT2D eigenvalue weighted by Crippen LogP contribution is -2.24. The zero-order valence-electron chi connectivity index (χ0n) is 10.5. The highest BCUT2D eigenvalue weighted by atomic mass is 79.9. The van der Waals surface area contributed by atoms with E-state index in [-0.39, 0.29) is 0 Å². The number of thiophene rings is 1. The van der Waals surface area contributed by atoms with E-state index >= 15 is 0 Å². The molecular formula is C15H15BrClNS. The monoisotopic (exact) mass is 355 g/mol. The van der Waals surface area contributed by atoms with Gasteiger partial charge in [0.2, 0.25) is 0 Å². The maximum Gasteiger partial charge on any atom is 0.0462 e. The van der Waals surface area contributed by atoms with Crippen LogP contribution < -0.4 is 0 Å². The van der Waals surface area contributed by atoms with Crippen molar-refractivity contribution in [3.8, 4) is 0 Å². The van der Waals surface area contributed by atoms with Crippen molar-refractivity contribution in [2.24, 2.45) is 0 Å². The van der Waals surface area contributed by atoms with E-state index in [0.29, 0.717) is 0 Å². The van der Waals surface area contributed by atoms with Crippen LogP contribution in [0.5, 0.6) is 0 Å². The molecule has 0 spiro atoms. The van der Waals surface area contributed by atoms with Crippen molar-refractivity contribution in [2.75, 3.05) is 0 Å². The summed E-state index contributed by atoms with van der Waals surface area (Å²) in [6.07, 6.45) is 2.64. The van der Waals surface area contributed by atoms with Crippen LogP contribution in [-0.2, 0) is 13.1 Å². The minimum absolute atomic E-state index is 0.736. The molecule has 1 saturated carbocycles. The van der Waals surface area contributed by atoms with Crippen molar-refractivity contribution in [1.82, 2.24) is 4.90 Å². The summed E-state index contributed by atoms with van der Waals surface area (Å²) in [6.45, 7) is 1.97. The largest absolute Gasteiger partial charge is 0.292 e. The van der Waals surface area contributed by atoms with E-state index in [1.807, 2.05) is 6.07 Å². The van der Waals surface area contributed by atoms with Gasteiger partial charge in [0.25, 0.3) is 0 Å². The van der Waals surface area contributed by atoms with Gasteiger partial charge in [-0.3, -0.25) is 4.90 Å². The first kappa shape index (κ1) is 13.6. The maximum absolute atomic E-state index is 6.33. The summed E-state index contributed by atoms with van der Waals surface area (Å²) in [5, 5.41) is 5.23. The highest BCUT2D eigenvalue weighted by molar-refractivity contribution is 9.10. The summed E-state index contributed by atoms with van der Waals surface area (Å²) in [4.78, 5) is 2.54. The molecule has 0 amide bonds. The Bertz CT molecular complexity index is 551. The van der Waals surface area contributed by atoms with Crippen LogP contribution in [0.25, 0.3) is 0 Å². The SMILES string of the molecule is Clc1cc(Br)ccc1CN(Cc1ccsc1)C1CC1. The molecule has 0 unspecified atom stereocenters. The molecule has 0 atom stereocenters. The van der Waals surface area contributed by atoms with E-state index in [1.165, 1.54) is 24.0 Å². The minimum Gasteiger partial charge on any atom is -0.292 e. The van der Waals surface area contributed by atoms with Crippen molar-refractivity contribution in [2.45, 2.75) is 32.0 Å². The molecule has 0 saturated heterocycles. The zero-order chi connectivity index (χ0) is 13.2. The molecule has 4 heteroatoms. The van der Waals surface area contributed by atoms with Crippen LogP contribution in [0.2, 0.25) is 5.02 Å². The zero-order valence-corrected chi connectivity index (χ0v) is 13.6. The molecular weight excluding hydrogens is 342 g/mol. The van der Waals surface area contributed by atoms with Gasteiger partial charge >= 0.3 is 0 Å². The molecule has 1 fully saturated rings. The van der Waals surface area contributed by atoms with Crippen LogP contribution in [0.3, 0.4) is 0 Å². The van der Waals surface area contributed by atoms with Crippen molar-refractivity contribution in [3.05, 3.63) is 55.6 Å². The standard InChI is InChI=1S/C15H15BrClNS/c16-13-2-1-12(15(17)7-13)9-18(14-3-4-14)8-11-5-6-19-10-11/h1-2,5-7,10,14H,3-4,8-9H2. The summed E-state index contributed by atoms with van der Waals surface area (Å²) in [6, 6.07) is 9.11. The van der Waals surface area contributed by atoms with Gasteiger partial charge in [0.05, 0.1) is 0 Å². The maximum atomic E-state index is 6.33. The molecule has 0 N–H and O–H groups in total. The van der Waals surface area contributed by atoms with Gasteiger partial charge in [0.1, 0.15) is 0 Å². The molecule has 0 bridgehead atoms. The van der Waals surface area contributed by atoms with Gasteiger partial charge < -0.3 is 0 Å². The van der Waals surface area contributed by atoms with Crippen molar-refractivity contribution < 1.29 is 0 Å². The number of hydrogen-bond acceptors (Lipinski definition) is 2. The lowest BCUT2D eigenvalue weighted by Gasteiger charge is -2.22. The van der Waals surface area contributed by atoms with Gasteiger partial charge in [-0.2, -0.15) is 11.3 Å². The average molecular weight is 357 g/mol. The number of nitrogens with zero attached hydrogens (tertiary/aromatic N) is 1. The van der Waals surface area contributed by atoms with Crippen LogP contribution >= 0.6 is 38.9 Å². The number of hydrogen-bond donors (Lipinski definition) is 0.